The van der Waals surface area contributed by atoms with Crippen molar-refractivity contribution in [3.8, 4) is 0 Å². The molecule has 638 valence electrons. The Morgan fingerprint density at radius 3 is 0.500 bits per heavy atom. The maximum absolute atomic E-state index is 12.9. The lowest BCUT2D eigenvalue weighted by atomic mass is 9.94. The van der Waals surface area contributed by atoms with Gasteiger partial charge in [0.2, 0.25) is 11.4 Å². The molecule has 0 bridgehead atoms. The van der Waals surface area contributed by atoms with Gasteiger partial charge >= 0.3 is 0 Å². The fourth-order valence-corrected chi connectivity index (χ4v) is 18.3. The van der Waals surface area contributed by atoms with Crippen LogP contribution in [-0.4, -0.2) is 4.70 Å². The van der Waals surface area contributed by atoms with Crippen LogP contribution in [-0.2, 0) is 25.7 Å². The van der Waals surface area contributed by atoms with E-state index in [1.165, 1.54) is 553 Å². The average Bonchev–Trinajstić information content (AvgIpc) is 1.61. The smallest absolute Gasteiger partial charge is 0.210 e. The Morgan fingerprint density at radius 1 is 0.173 bits per heavy atom. The highest BCUT2D eigenvalue weighted by Crippen LogP contribution is 2.40. The molecule has 2 aromatic rings. The van der Waals surface area contributed by atoms with Gasteiger partial charge in [0.05, 0.1) is 0 Å². The molecule has 0 aromatic heterocycles. The lowest BCUT2D eigenvalue weighted by molar-refractivity contribution is -0.344. The van der Waals surface area contributed by atoms with Gasteiger partial charge in [-0.15, -0.1) is 0 Å². The number of aryl methyl sites for hydroxylation is 4. The van der Waals surface area contributed by atoms with Crippen LogP contribution in [0.4, 0.5) is 0 Å². The first-order chi connectivity index (χ1) is 54.5. The number of nitrogens with zero attached hydrogens (tertiary/aromatic N) is 2. The topological polar surface area (TPSA) is 25.3 Å². The van der Waals surface area contributed by atoms with E-state index in [1.807, 2.05) is 0 Å². The molecular weight excluding hydrogens is 1330 g/mol. The van der Waals surface area contributed by atoms with Gasteiger partial charge in [0.25, 0.3) is 0 Å². The first kappa shape index (κ1) is 102. The van der Waals surface area contributed by atoms with Crippen LogP contribution in [0.25, 0.3) is 16.9 Å². The van der Waals surface area contributed by atoms with Crippen molar-refractivity contribution in [1.29, 1.82) is 0 Å². The van der Waals surface area contributed by atoms with Crippen molar-refractivity contribution in [2.24, 2.45) is 0 Å². The molecule has 0 amide bonds. The zero-order valence-electron chi connectivity index (χ0n) is 76.0. The zero-order chi connectivity index (χ0) is 78.2. The van der Waals surface area contributed by atoms with Gasteiger partial charge in [0.1, 0.15) is 0 Å². The summed E-state index contributed by atoms with van der Waals surface area (Å²) in [5, 5.41) is 0. The van der Waals surface area contributed by atoms with Crippen molar-refractivity contribution in [3.63, 3.8) is 0 Å². The summed E-state index contributed by atoms with van der Waals surface area (Å²) in [5.41, 5.74) is 24.8. The zero-order valence-corrected chi connectivity index (χ0v) is 76.0. The average molecular weight is 1520 g/mol. The molecule has 0 atom stereocenters. The Balaban J connectivity index is 1.61. The number of benzene rings is 2. The SMILES string of the molecule is CCCCCCCCCCCCCCCCCCCCCCc1cc(CCCCCCCCCCCCCCCCCCCCCC)cc(C2=CC(CCCC)=C(c3cc(CCCCCCCCCCCCCCCCCCCCCC)cc(CCCCCCCCCCCCCCCCCCCCCC)c3)[N+]2=[N-])c1. The van der Waals surface area contributed by atoms with Gasteiger partial charge in [-0.3, -0.25) is 0 Å². The van der Waals surface area contributed by atoms with Gasteiger partial charge < -0.3 is 5.53 Å². The van der Waals surface area contributed by atoms with E-state index in [-0.39, 0.29) is 0 Å². The van der Waals surface area contributed by atoms with Crippen LogP contribution in [0.2, 0.25) is 0 Å². The van der Waals surface area contributed by atoms with E-state index < -0.39 is 0 Å². The summed E-state index contributed by atoms with van der Waals surface area (Å²) >= 11 is 0. The maximum atomic E-state index is 12.9. The second-order valence-corrected chi connectivity index (χ2v) is 36.8. The summed E-state index contributed by atoms with van der Waals surface area (Å²) in [5.74, 6) is 0. The number of hydrogen-bond acceptors (Lipinski definition) is 0. The summed E-state index contributed by atoms with van der Waals surface area (Å²) in [4.78, 5) is 0. The maximum Gasteiger partial charge on any atom is 0.210 e. The second kappa shape index (κ2) is 80.3. The van der Waals surface area contributed by atoms with E-state index in [4.69, 9.17) is 0 Å². The van der Waals surface area contributed by atoms with Crippen LogP contribution >= 0.6 is 0 Å². The minimum Gasteiger partial charge on any atom is -0.493 e. The van der Waals surface area contributed by atoms with Gasteiger partial charge in [-0.1, -0.05) is 541 Å². The van der Waals surface area contributed by atoms with E-state index in [1.54, 1.807) is 4.70 Å². The van der Waals surface area contributed by atoms with Gasteiger partial charge in [0, 0.05) is 22.8 Å². The molecule has 0 fully saturated rings. The second-order valence-electron chi connectivity index (χ2n) is 36.8. The van der Waals surface area contributed by atoms with E-state index in [0.717, 1.165) is 56.3 Å². The summed E-state index contributed by atoms with van der Waals surface area (Å²) in [7, 11) is 0. The number of allylic oxidation sites excluding steroid dienone is 2. The van der Waals surface area contributed by atoms with Gasteiger partial charge in [-0.25, -0.2) is 4.70 Å². The predicted molar refractivity (Wildman–Crippen MR) is 498 cm³/mol. The molecule has 110 heavy (non-hydrogen) atoms. The molecule has 0 aliphatic carbocycles. The van der Waals surface area contributed by atoms with Crippen LogP contribution in [0, 0.1) is 0 Å². The van der Waals surface area contributed by atoms with Crippen molar-refractivity contribution >= 4 is 11.4 Å². The summed E-state index contributed by atoms with van der Waals surface area (Å²) in [6, 6.07) is 15.2. The molecule has 2 aromatic carbocycles. The number of hydrogen-bond donors (Lipinski definition) is 0. The van der Waals surface area contributed by atoms with Crippen LogP contribution < -0.4 is 0 Å². The molecule has 0 unspecified atom stereocenters. The quantitative estimate of drug-likeness (QED) is 0.0466. The Hall–Kier alpha value is -2.48. The normalized spacial score (nSPS) is 12.5. The summed E-state index contributed by atoms with van der Waals surface area (Å²) in [6.45, 7) is 11.6. The molecule has 0 saturated carbocycles. The Morgan fingerprint density at radius 2 is 0.327 bits per heavy atom. The van der Waals surface area contributed by atoms with Crippen molar-refractivity contribution in [2.45, 2.75) is 593 Å². The highest BCUT2D eigenvalue weighted by molar-refractivity contribution is 5.79. The Labute approximate surface area is 692 Å². The first-order valence-electron chi connectivity index (χ1n) is 51.7. The fourth-order valence-electron chi connectivity index (χ4n) is 18.3. The van der Waals surface area contributed by atoms with E-state index in [9.17, 15) is 5.53 Å². The minimum atomic E-state index is 1.01. The van der Waals surface area contributed by atoms with E-state index in [0.29, 0.717) is 0 Å². The Bertz CT molecular complexity index is 2210. The van der Waals surface area contributed by atoms with Crippen molar-refractivity contribution in [3.05, 3.63) is 87.0 Å². The molecular formula is C108H196N2. The van der Waals surface area contributed by atoms with Gasteiger partial charge in [0.15, 0.2) is 0 Å². The van der Waals surface area contributed by atoms with E-state index in [2.05, 4.69) is 77.1 Å². The van der Waals surface area contributed by atoms with Gasteiger partial charge in [-0.05, 0) is 111 Å². The lowest BCUT2D eigenvalue weighted by Crippen LogP contribution is -2.05. The Kier molecular flexibility index (Phi) is 74.3. The minimum absolute atomic E-state index is 1.01. The van der Waals surface area contributed by atoms with Crippen LogP contribution in [0.1, 0.15) is 601 Å². The highest BCUT2D eigenvalue weighted by atomic mass is 15.2. The van der Waals surface area contributed by atoms with Gasteiger partial charge in [-0.2, -0.15) is 0 Å². The lowest BCUT2D eigenvalue weighted by Gasteiger charge is -2.15. The third kappa shape index (κ3) is 61.0. The monoisotopic (exact) mass is 1520 g/mol. The molecule has 2 heteroatoms. The highest BCUT2D eigenvalue weighted by Gasteiger charge is 2.30. The standard InChI is InChI=1S/C108H196N2/c1-6-11-16-20-24-28-32-36-40-44-48-52-56-60-64-68-72-76-80-84-88-100-93-101(89-85-81-77-73-69-65-61-57-53-49-45-41-37-33-29-25-21-17-12-7-2)96-105(95-100)107-99-104(92-15-10-5)108(110(107)109)106-97-102(90-86-82-78-74-70-66-62-58-54-50-46-42-38-34-30-26-22-18-13-8-3)94-103(98-106)91-87-83-79-75-71-67-63-59-55-51-47-43-39-35-31-27-23-19-14-9-4/h93-99H,6-92H2,1-5H3. The number of rotatable bonds is 89. The summed E-state index contributed by atoms with van der Waals surface area (Å²) < 4.78 is 1.68. The molecule has 2 nitrogen and oxygen atoms in total. The summed E-state index contributed by atoms with van der Waals surface area (Å²) in [6.07, 6.45) is 124. The van der Waals surface area contributed by atoms with Crippen LogP contribution in [0.3, 0.4) is 0 Å². The molecule has 3 rings (SSSR count). The first-order valence-corrected chi connectivity index (χ1v) is 51.7. The molecule has 0 radical (unpaired) electrons. The molecule has 0 saturated heterocycles. The molecule has 0 spiro atoms. The molecule has 1 aliphatic heterocycles. The fraction of sp³-hybridized carbons (Fsp3) is 0.852. The molecule has 1 heterocycles. The molecule has 1 aliphatic rings. The molecule has 0 N–H and O–H groups in total. The third-order valence-electron chi connectivity index (χ3n) is 25.8. The van der Waals surface area contributed by atoms with Crippen molar-refractivity contribution in [1.82, 2.24) is 0 Å². The number of unbranched alkanes of at least 4 members (excludes halogenated alkanes) is 77. The third-order valence-corrected chi connectivity index (χ3v) is 25.8. The van der Waals surface area contributed by atoms with E-state index >= 15 is 0 Å². The van der Waals surface area contributed by atoms with Crippen LogP contribution in [0.5, 0.6) is 0 Å². The largest absolute Gasteiger partial charge is 0.493 e. The predicted octanol–water partition coefficient (Wildman–Crippen LogP) is 39.1. The van der Waals surface area contributed by atoms with Crippen molar-refractivity contribution < 1.29 is 4.70 Å². The van der Waals surface area contributed by atoms with Crippen molar-refractivity contribution in [2.75, 3.05) is 0 Å². The van der Waals surface area contributed by atoms with Crippen LogP contribution in [0.15, 0.2) is 48.0 Å².